The zero-order valence-corrected chi connectivity index (χ0v) is 11.9. The number of carbonyl (C=O) groups is 1. The Morgan fingerprint density at radius 1 is 1.39 bits per heavy atom. The highest BCUT2D eigenvalue weighted by atomic mass is 16.5. The first-order valence-electron chi connectivity index (χ1n) is 6.79. The van der Waals surface area contributed by atoms with E-state index in [0.29, 0.717) is 25.2 Å². The van der Waals surface area contributed by atoms with Gasteiger partial charge in [0.25, 0.3) is 0 Å². The van der Waals surface area contributed by atoms with Gasteiger partial charge in [0.15, 0.2) is 0 Å². The highest BCUT2D eigenvalue weighted by Gasteiger charge is 2.24. The van der Waals surface area contributed by atoms with Crippen LogP contribution in [0.25, 0.3) is 0 Å². The van der Waals surface area contributed by atoms with Crippen molar-refractivity contribution in [3.05, 3.63) is 0 Å². The van der Waals surface area contributed by atoms with E-state index in [1.54, 1.807) is 7.11 Å². The summed E-state index contributed by atoms with van der Waals surface area (Å²) in [6, 6.07) is 0.938. The van der Waals surface area contributed by atoms with Crippen molar-refractivity contribution in [2.75, 3.05) is 40.9 Å². The Balaban J connectivity index is 2.18. The van der Waals surface area contributed by atoms with Gasteiger partial charge < -0.3 is 20.3 Å². The molecule has 0 spiro atoms. The standard InChI is InChI=1S/C13H27N3O2/c1-16(2)12-6-4-5-11(9-12)15-13(17)10-14-7-8-18-3/h11-12,14H,4-10H2,1-3H3,(H,15,17). The molecule has 0 aromatic carbocycles. The molecule has 0 aromatic rings. The van der Waals surface area contributed by atoms with Gasteiger partial charge in [0.05, 0.1) is 13.2 Å². The van der Waals surface area contributed by atoms with Gasteiger partial charge >= 0.3 is 0 Å². The molecular weight excluding hydrogens is 230 g/mol. The summed E-state index contributed by atoms with van der Waals surface area (Å²) in [6.07, 6.45) is 4.61. The van der Waals surface area contributed by atoms with E-state index in [2.05, 4.69) is 29.6 Å². The van der Waals surface area contributed by atoms with Crippen molar-refractivity contribution in [2.24, 2.45) is 0 Å². The summed E-state index contributed by atoms with van der Waals surface area (Å²) in [5, 5.41) is 6.17. The van der Waals surface area contributed by atoms with E-state index >= 15 is 0 Å². The first kappa shape index (κ1) is 15.4. The van der Waals surface area contributed by atoms with E-state index in [1.807, 2.05) is 0 Å². The minimum Gasteiger partial charge on any atom is -0.383 e. The topological polar surface area (TPSA) is 53.6 Å². The van der Waals surface area contributed by atoms with Crippen LogP contribution < -0.4 is 10.6 Å². The minimum atomic E-state index is 0.0931. The van der Waals surface area contributed by atoms with Crippen LogP contribution in [0.4, 0.5) is 0 Å². The summed E-state index contributed by atoms with van der Waals surface area (Å²) in [6.45, 7) is 1.74. The summed E-state index contributed by atoms with van der Waals surface area (Å²) in [4.78, 5) is 14.0. The fourth-order valence-corrected chi connectivity index (χ4v) is 2.42. The van der Waals surface area contributed by atoms with Crippen LogP contribution in [0.1, 0.15) is 25.7 Å². The molecule has 2 unspecified atom stereocenters. The highest BCUT2D eigenvalue weighted by molar-refractivity contribution is 5.78. The summed E-state index contributed by atoms with van der Waals surface area (Å²) in [5.74, 6) is 0.0931. The molecule has 18 heavy (non-hydrogen) atoms. The van der Waals surface area contributed by atoms with E-state index in [1.165, 1.54) is 12.8 Å². The smallest absolute Gasteiger partial charge is 0.234 e. The summed E-state index contributed by atoms with van der Waals surface area (Å²) >= 11 is 0. The van der Waals surface area contributed by atoms with Gasteiger partial charge in [0.2, 0.25) is 5.91 Å². The minimum absolute atomic E-state index is 0.0931. The number of carbonyl (C=O) groups excluding carboxylic acids is 1. The molecule has 1 fully saturated rings. The molecule has 5 heteroatoms. The van der Waals surface area contributed by atoms with Gasteiger partial charge in [-0.15, -0.1) is 0 Å². The molecule has 0 aliphatic heterocycles. The lowest BCUT2D eigenvalue weighted by atomic mass is 9.90. The van der Waals surface area contributed by atoms with Crippen molar-refractivity contribution in [3.63, 3.8) is 0 Å². The molecule has 1 aliphatic carbocycles. The predicted molar refractivity (Wildman–Crippen MR) is 72.6 cm³/mol. The first-order chi connectivity index (χ1) is 8.63. The SMILES string of the molecule is COCCNCC(=O)NC1CCCC(N(C)C)C1. The Morgan fingerprint density at radius 2 is 2.17 bits per heavy atom. The van der Waals surface area contributed by atoms with Gasteiger partial charge in [-0.3, -0.25) is 4.79 Å². The van der Waals surface area contributed by atoms with Gasteiger partial charge in [-0.25, -0.2) is 0 Å². The van der Waals surface area contributed by atoms with Crippen molar-refractivity contribution >= 4 is 5.91 Å². The number of nitrogens with one attached hydrogen (secondary N) is 2. The molecule has 5 nitrogen and oxygen atoms in total. The molecule has 0 saturated heterocycles. The van der Waals surface area contributed by atoms with E-state index in [4.69, 9.17) is 4.74 Å². The Hall–Kier alpha value is -0.650. The van der Waals surface area contributed by atoms with Crippen LogP contribution in [0.5, 0.6) is 0 Å². The van der Waals surface area contributed by atoms with Crippen LogP contribution in [0.3, 0.4) is 0 Å². The molecule has 0 radical (unpaired) electrons. The number of hydrogen-bond acceptors (Lipinski definition) is 4. The number of rotatable bonds is 7. The second kappa shape index (κ2) is 8.45. The molecule has 1 amide bonds. The van der Waals surface area contributed by atoms with Crippen molar-refractivity contribution < 1.29 is 9.53 Å². The first-order valence-corrected chi connectivity index (χ1v) is 6.79. The molecule has 106 valence electrons. The quantitative estimate of drug-likeness (QED) is 0.640. The fourth-order valence-electron chi connectivity index (χ4n) is 2.42. The lowest BCUT2D eigenvalue weighted by Gasteiger charge is -2.33. The normalized spacial score (nSPS) is 24.2. The highest BCUT2D eigenvalue weighted by Crippen LogP contribution is 2.21. The average molecular weight is 257 g/mol. The summed E-state index contributed by atoms with van der Waals surface area (Å²) in [7, 11) is 5.88. The van der Waals surface area contributed by atoms with E-state index in [9.17, 15) is 4.79 Å². The summed E-state index contributed by atoms with van der Waals surface area (Å²) in [5.41, 5.74) is 0. The Bertz CT molecular complexity index is 246. The molecule has 0 heterocycles. The molecule has 2 N–H and O–H groups in total. The predicted octanol–water partition coefficient (Wildman–Crippen LogP) is 0.211. The van der Waals surface area contributed by atoms with Gasteiger partial charge in [0.1, 0.15) is 0 Å². The van der Waals surface area contributed by atoms with Crippen LogP contribution in [-0.2, 0) is 9.53 Å². The molecule has 1 saturated carbocycles. The fraction of sp³-hybridized carbons (Fsp3) is 0.923. The molecule has 1 rings (SSSR count). The Kier molecular flexibility index (Phi) is 7.23. The molecule has 0 aromatic heterocycles. The second-order valence-corrected chi connectivity index (χ2v) is 5.22. The average Bonchev–Trinajstić information content (AvgIpc) is 2.35. The van der Waals surface area contributed by atoms with Crippen molar-refractivity contribution in [1.82, 2.24) is 15.5 Å². The van der Waals surface area contributed by atoms with E-state index < -0.39 is 0 Å². The van der Waals surface area contributed by atoms with Crippen LogP contribution >= 0.6 is 0 Å². The van der Waals surface area contributed by atoms with E-state index in [-0.39, 0.29) is 5.91 Å². The van der Waals surface area contributed by atoms with Crippen LogP contribution in [0, 0.1) is 0 Å². The Morgan fingerprint density at radius 3 is 2.83 bits per heavy atom. The lowest BCUT2D eigenvalue weighted by Crippen LogP contribution is -2.46. The maximum atomic E-state index is 11.7. The monoisotopic (exact) mass is 257 g/mol. The number of amides is 1. The molecule has 0 bridgehead atoms. The van der Waals surface area contributed by atoms with Crippen LogP contribution in [-0.4, -0.2) is 63.8 Å². The third-order valence-electron chi connectivity index (χ3n) is 3.51. The van der Waals surface area contributed by atoms with Gasteiger partial charge in [-0.2, -0.15) is 0 Å². The van der Waals surface area contributed by atoms with E-state index in [0.717, 1.165) is 19.4 Å². The largest absolute Gasteiger partial charge is 0.383 e. The van der Waals surface area contributed by atoms with Gasteiger partial charge in [-0.1, -0.05) is 0 Å². The molecule has 2 atom stereocenters. The number of hydrogen-bond donors (Lipinski definition) is 2. The summed E-state index contributed by atoms with van der Waals surface area (Å²) < 4.78 is 4.91. The van der Waals surface area contributed by atoms with Crippen molar-refractivity contribution in [1.29, 1.82) is 0 Å². The van der Waals surface area contributed by atoms with Gasteiger partial charge in [-0.05, 0) is 39.8 Å². The lowest BCUT2D eigenvalue weighted by molar-refractivity contribution is -0.121. The second-order valence-electron chi connectivity index (χ2n) is 5.22. The van der Waals surface area contributed by atoms with Crippen molar-refractivity contribution in [3.8, 4) is 0 Å². The number of nitrogens with zero attached hydrogens (tertiary/aromatic N) is 1. The van der Waals surface area contributed by atoms with Crippen LogP contribution in [0.15, 0.2) is 0 Å². The molecular formula is C13H27N3O2. The zero-order chi connectivity index (χ0) is 13.4. The van der Waals surface area contributed by atoms with Gasteiger partial charge in [0, 0.05) is 25.7 Å². The Labute approximate surface area is 110 Å². The zero-order valence-electron chi connectivity index (χ0n) is 11.9. The number of ether oxygens (including phenoxy) is 1. The molecule has 1 aliphatic rings. The maximum absolute atomic E-state index is 11.7. The maximum Gasteiger partial charge on any atom is 0.234 e. The van der Waals surface area contributed by atoms with Crippen LogP contribution in [0.2, 0.25) is 0 Å². The third kappa shape index (κ3) is 5.80. The third-order valence-corrected chi connectivity index (χ3v) is 3.51. The van der Waals surface area contributed by atoms with Crippen molar-refractivity contribution in [2.45, 2.75) is 37.8 Å². The number of methoxy groups -OCH3 is 1.